The van der Waals surface area contributed by atoms with E-state index in [2.05, 4.69) is 11.9 Å². The van der Waals surface area contributed by atoms with Gasteiger partial charge in [0.25, 0.3) is 0 Å². The molecule has 5 N–H and O–H groups in total. The summed E-state index contributed by atoms with van der Waals surface area (Å²) in [6.07, 6.45) is 3.11. The number of methoxy groups -OCH3 is 1. The van der Waals surface area contributed by atoms with Crippen LogP contribution in [0.5, 0.6) is 0 Å². The van der Waals surface area contributed by atoms with Crippen molar-refractivity contribution in [3.63, 3.8) is 0 Å². The van der Waals surface area contributed by atoms with Crippen LogP contribution in [0, 0.1) is 5.41 Å². The standard InChI is InChI=1S/C11H25N5O/c1-4-16(11(14)15-10(12)13)9(2)7-5-6-8-17-3/h9H,4-8H2,1-3H3,(H5,12,13,14,15). The van der Waals surface area contributed by atoms with E-state index in [-0.39, 0.29) is 18.0 Å². The molecule has 0 saturated heterocycles. The highest BCUT2D eigenvalue weighted by atomic mass is 16.5. The first-order valence-corrected chi connectivity index (χ1v) is 5.96. The number of aliphatic imine (C=N–C) groups is 1. The highest BCUT2D eigenvalue weighted by Gasteiger charge is 2.14. The summed E-state index contributed by atoms with van der Waals surface area (Å²) in [5, 5.41) is 7.78. The predicted octanol–water partition coefficient (Wildman–Crippen LogP) is 0.722. The van der Waals surface area contributed by atoms with Crippen molar-refractivity contribution in [2.45, 2.75) is 39.2 Å². The van der Waals surface area contributed by atoms with Gasteiger partial charge in [0.2, 0.25) is 5.96 Å². The molecule has 1 atom stereocenters. The van der Waals surface area contributed by atoms with Crippen molar-refractivity contribution in [3.8, 4) is 0 Å². The van der Waals surface area contributed by atoms with Crippen molar-refractivity contribution in [1.29, 1.82) is 5.41 Å². The SMILES string of the molecule is CCN(C(=N)N=C(N)N)C(C)CCCCOC. The lowest BCUT2D eigenvalue weighted by atomic mass is 10.1. The number of nitrogens with zero attached hydrogens (tertiary/aromatic N) is 2. The molecule has 0 amide bonds. The third-order valence-corrected chi connectivity index (χ3v) is 2.60. The fourth-order valence-electron chi connectivity index (χ4n) is 1.70. The topological polar surface area (TPSA) is 101 Å². The van der Waals surface area contributed by atoms with E-state index < -0.39 is 0 Å². The molecule has 0 fully saturated rings. The fraction of sp³-hybridized carbons (Fsp3) is 0.818. The Morgan fingerprint density at radius 1 is 1.41 bits per heavy atom. The van der Waals surface area contributed by atoms with Crippen molar-refractivity contribution in [2.75, 3.05) is 20.3 Å². The van der Waals surface area contributed by atoms with Crippen LogP contribution in [0.2, 0.25) is 0 Å². The van der Waals surface area contributed by atoms with Crippen molar-refractivity contribution < 1.29 is 4.74 Å². The zero-order valence-corrected chi connectivity index (χ0v) is 11.1. The fourth-order valence-corrected chi connectivity index (χ4v) is 1.70. The molecular formula is C11H25N5O. The second-order valence-electron chi connectivity index (χ2n) is 3.98. The maximum atomic E-state index is 7.78. The summed E-state index contributed by atoms with van der Waals surface area (Å²) in [5.74, 6) is 0.0618. The number of hydrogen-bond acceptors (Lipinski definition) is 2. The Kier molecular flexibility index (Phi) is 8.13. The molecule has 0 aliphatic heterocycles. The summed E-state index contributed by atoms with van der Waals surface area (Å²) < 4.78 is 5.00. The maximum absolute atomic E-state index is 7.78. The first kappa shape index (κ1) is 15.7. The number of ether oxygens (including phenoxy) is 1. The number of nitrogens with one attached hydrogen (secondary N) is 1. The summed E-state index contributed by atoms with van der Waals surface area (Å²) in [5.41, 5.74) is 10.5. The molecule has 0 aliphatic rings. The first-order chi connectivity index (χ1) is 8.02. The molecule has 0 bridgehead atoms. The molecule has 6 heteroatoms. The molecule has 0 aromatic rings. The minimum absolute atomic E-state index is 0.0694. The lowest BCUT2D eigenvalue weighted by Crippen LogP contribution is -2.39. The van der Waals surface area contributed by atoms with Gasteiger partial charge in [-0.25, -0.2) is 0 Å². The summed E-state index contributed by atoms with van der Waals surface area (Å²) in [4.78, 5) is 5.65. The molecular weight excluding hydrogens is 218 g/mol. The number of nitrogens with two attached hydrogens (primary N) is 2. The van der Waals surface area contributed by atoms with Gasteiger partial charge in [-0.05, 0) is 33.1 Å². The lowest BCUT2D eigenvalue weighted by molar-refractivity contribution is 0.188. The molecule has 0 spiro atoms. The van der Waals surface area contributed by atoms with Gasteiger partial charge in [-0.1, -0.05) is 0 Å². The zero-order valence-electron chi connectivity index (χ0n) is 11.1. The predicted molar refractivity (Wildman–Crippen MR) is 71.1 cm³/mol. The minimum Gasteiger partial charge on any atom is -0.385 e. The Balaban J connectivity index is 4.16. The molecule has 0 aliphatic carbocycles. The van der Waals surface area contributed by atoms with Gasteiger partial charge in [0.15, 0.2) is 5.96 Å². The number of unbranched alkanes of at least 4 members (excludes halogenated alkanes) is 1. The highest BCUT2D eigenvalue weighted by molar-refractivity contribution is 5.91. The van der Waals surface area contributed by atoms with Gasteiger partial charge in [0, 0.05) is 26.3 Å². The molecule has 1 unspecified atom stereocenters. The number of hydrogen-bond donors (Lipinski definition) is 3. The van der Waals surface area contributed by atoms with Crippen LogP contribution in [0.1, 0.15) is 33.1 Å². The number of rotatable bonds is 7. The van der Waals surface area contributed by atoms with Gasteiger partial charge in [-0.15, -0.1) is 0 Å². The highest BCUT2D eigenvalue weighted by Crippen LogP contribution is 2.09. The second-order valence-corrected chi connectivity index (χ2v) is 3.98. The monoisotopic (exact) mass is 243 g/mol. The van der Waals surface area contributed by atoms with Crippen molar-refractivity contribution >= 4 is 11.9 Å². The van der Waals surface area contributed by atoms with Crippen LogP contribution in [0.25, 0.3) is 0 Å². The molecule has 0 aromatic heterocycles. The summed E-state index contributed by atoms with van der Waals surface area (Å²) in [6, 6.07) is 0.257. The molecule has 0 aromatic carbocycles. The van der Waals surface area contributed by atoms with Crippen LogP contribution in [0.3, 0.4) is 0 Å². The van der Waals surface area contributed by atoms with Gasteiger partial charge >= 0.3 is 0 Å². The van der Waals surface area contributed by atoms with E-state index in [9.17, 15) is 0 Å². The quantitative estimate of drug-likeness (QED) is 0.348. The van der Waals surface area contributed by atoms with E-state index in [1.807, 2.05) is 11.8 Å². The Morgan fingerprint density at radius 2 is 2.06 bits per heavy atom. The van der Waals surface area contributed by atoms with Crippen LogP contribution in [-0.2, 0) is 4.74 Å². The van der Waals surface area contributed by atoms with E-state index >= 15 is 0 Å². The van der Waals surface area contributed by atoms with Crippen LogP contribution in [-0.4, -0.2) is 43.1 Å². The van der Waals surface area contributed by atoms with E-state index in [1.54, 1.807) is 7.11 Å². The van der Waals surface area contributed by atoms with Gasteiger partial charge in [0.05, 0.1) is 0 Å². The number of guanidine groups is 2. The molecule has 0 heterocycles. The minimum atomic E-state index is -0.0694. The normalized spacial score (nSPS) is 11.9. The third kappa shape index (κ3) is 6.78. The van der Waals surface area contributed by atoms with Crippen molar-refractivity contribution in [2.24, 2.45) is 16.5 Å². The third-order valence-electron chi connectivity index (χ3n) is 2.60. The van der Waals surface area contributed by atoms with Crippen molar-refractivity contribution in [1.82, 2.24) is 4.90 Å². The Hall–Kier alpha value is -1.30. The second kappa shape index (κ2) is 8.81. The molecule has 17 heavy (non-hydrogen) atoms. The molecule has 0 rings (SSSR count). The molecule has 0 radical (unpaired) electrons. The molecule has 100 valence electrons. The molecule has 0 saturated carbocycles. The largest absolute Gasteiger partial charge is 0.385 e. The Morgan fingerprint density at radius 3 is 2.53 bits per heavy atom. The van der Waals surface area contributed by atoms with Crippen LogP contribution >= 0.6 is 0 Å². The van der Waals surface area contributed by atoms with E-state index in [0.29, 0.717) is 0 Å². The zero-order chi connectivity index (χ0) is 13.3. The Bertz CT molecular complexity index is 250. The summed E-state index contributed by atoms with van der Waals surface area (Å²) >= 11 is 0. The molecule has 6 nitrogen and oxygen atoms in total. The van der Waals surface area contributed by atoms with E-state index in [4.69, 9.17) is 21.6 Å². The van der Waals surface area contributed by atoms with Gasteiger partial charge in [-0.3, -0.25) is 5.41 Å². The average molecular weight is 243 g/mol. The maximum Gasteiger partial charge on any atom is 0.221 e. The van der Waals surface area contributed by atoms with Gasteiger partial charge < -0.3 is 21.1 Å². The van der Waals surface area contributed by atoms with Crippen LogP contribution in [0.15, 0.2) is 4.99 Å². The first-order valence-electron chi connectivity index (χ1n) is 5.96. The van der Waals surface area contributed by atoms with Crippen LogP contribution < -0.4 is 11.5 Å². The van der Waals surface area contributed by atoms with E-state index in [0.717, 1.165) is 32.4 Å². The summed E-state index contributed by atoms with van der Waals surface area (Å²) in [7, 11) is 1.70. The average Bonchev–Trinajstić information content (AvgIpc) is 2.24. The van der Waals surface area contributed by atoms with Crippen molar-refractivity contribution in [3.05, 3.63) is 0 Å². The smallest absolute Gasteiger partial charge is 0.221 e. The van der Waals surface area contributed by atoms with Gasteiger partial charge in [0.1, 0.15) is 0 Å². The summed E-state index contributed by atoms with van der Waals surface area (Å²) in [6.45, 7) is 5.57. The Labute approximate surface area is 104 Å². The van der Waals surface area contributed by atoms with Gasteiger partial charge in [-0.2, -0.15) is 4.99 Å². The van der Waals surface area contributed by atoms with E-state index in [1.165, 1.54) is 0 Å². The lowest BCUT2D eigenvalue weighted by Gasteiger charge is -2.28. The van der Waals surface area contributed by atoms with Crippen LogP contribution in [0.4, 0.5) is 0 Å².